The second-order valence-electron chi connectivity index (χ2n) is 11.5. The molecule has 2 heterocycles. The van der Waals surface area contributed by atoms with Gasteiger partial charge in [-0.05, 0) is 62.1 Å². The number of carbonyl (C=O) groups excluding carboxylic acids is 5. The zero-order chi connectivity index (χ0) is 30.6. The summed E-state index contributed by atoms with van der Waals surface area (Å²) in [6.07, 6.45) is 4.61. The van der Waals surface area contributed by atoms with Crippen LogP contribution in [0.5, 0.6) is 5.75 Å². The zero-order valence-electron chi connectivity index (χ0n) is 24.8. The highest BCUT2D eigenvalue weighted by molar-refractivity contribution is 5.97. The summed E-state index contributed by atoms with van der Waals surface area (Å²) in [6, 6.07) is 3.69. The quantitative estimate of drug-likeness (QED) is 0.149. The number of hydrogen-bond donors (Lipinski definition) is 5. The van der Waals surface area contributed by atoms with Gasteiger partial charge in [-0.25, -0.2) is 5.48 Å². The van der Waals surface area contributed by atoms with Crippen LogP contribution in [0.25, 0.3) is 0 Å². The van der Waals surface area contributed by atoms with Crippen LogP contribution in [0.2, 0.25) is 0 Å². The van der Waals surface area contributed by atoms with Gasteiger partial charge in [-0.15, -0.1) is 0 Å². The number of amides is 5. The number of piperidine rings is 1. The summed E-state index contributed by atoms with van der Waals surface area (Å²) in [5, 5.41) is 17.3. The third-order valence-electron chi connectivity index (χ3n) is 7.80. The summed E-state index contributed by atoms with van der Waals surface area (Å²) >= 11 is 0. The number of rotatable bonds is 11. The van der Waals surface area contributed by atoms with Crippen molar-refractivity contribution in [3.8, 4) is 5.75 Å². The lowest BCUT2D eigenvalue weighted by molar-refractivity contribution is -0.147. The molecule has 1 aromatic rings. The van der Waals surface area contributed by atoms with Crippen LogP contribution < -0.4 is 26.2 Å². The van der Waals surface area contributed by atoms with Gasteiger partial charge in [0.1, 0.15) is 29.9 Å². The van der Waals surface area contributed by atoms with Crippen molar-refractivity contribution < 1.29 is 33.9 Å². The summed E-state index contributed by atoms with van der Waals surface area (Å²) in [5.74, 6) is -1.35. The molecule has 5 N–H and O–H groups in total. The van der Waals surface area contributed by atoms with Crippen LogP contribution in [0.3, 0.4) is 0 Å². The largest absolute Gasteiger partial charge is 0.497 e. The summed E-state index contributed by atoms with van der Waals surface area (Å²) in [4.78, 5) is 67.6. The van der Waals surface area contributed by atoms with Gasteiger partial charge >= 0.3 is 0 Å². The molecule has 42 heavy (non-hydrogen) atoms. The fourth-order valence-electron chi connectivity index (χ4n) is 5.52. The first-order chi connectivity index (χ1) is 20.1. The summed E-state index contributed by atoms with van der Waals surface area (Å²) in [7, 11) is 1.56. The molecule has 2 aliphatic rings. The van der Waals surface area contributed by atoms with Crippen LogP contribution in [0.1, 0.15) is 77.2 Å². The highest BCUT2D eigenvalue weighted by Crippen LogP contribution is 2.22. The van der Waals surface area contributed by atoms with Crippen molar-refractivity contribution in [3.05, 3.63) is 29.8 Å². The first kappa shape index (κ1) is 32.8. The second-order valence-corrected chi connectivity index (χ2v) is 11.5. The number of unbranched alkanes of at least 4 members (excludes halogenated alkanes) is 2. The van der Waals surface area contributed by atoms with Gasteiger partial charge < -0.3 is 25.6 Å². The highest BCUT2D eigenvalue weighted by Gasteiger charge is 2.39. The molecule has 2 saturated heterocycles. The Hall–Kier alpha value is -3.67. The fraction of sp³-hybridized carbons (Fsp3) is 0.633. The average molecular weight is 588 g/mol. The first-order valence-corrected chi connectivity index (χ1v) is 14.9. The lowest BCUT2D eigenvalue weighted by Gasteiger charge is -2.39. The predicted octanol–water partition coefficient (Wildman–Crippen LogP) is 1.59. The maximum Gasteiger partial charge on any atom is 0.245 e. The standard InChI is InChI=1S/C30H45N5O7/c1-19(2)17-24-30(40)35-16-8-7-10-25(35)29(39)31-22(9-5-4-6-11-26(36)34-41)27(37)32-23(28(38)33-24)18-20-12-14-21(42-3)15-13-20/h12-15,19,22-25,41H,4-11,16-18H2,1-3H3,(H,31,39)(H,32,37)(H,33,38)(H,34,36)/t22-,23+,24-,25-/m0/s1. The number of carbonyl (C=O) groups is 5. The molecule has 5 amide bonds. The van der Waals surface area contributed by atoms with E-state index in [1.807, 2.05) is 26.0 Å². The minimum Gasteiger partial charge on any atom is -0.497 e. The first-order valence-electron chi connectivity index (χ1n) is 14.9. The molecule has 12 nitrogen and oxygen atoms in total. The SMILES string of the molecule is COc1ccc(C[C@H]2NC(=O)[C@H](CCCCCC(=O)NO)NC(=O)[C@@H]3CCCCN3C(=O)[C@H](CC(C)C)NC2=O)cc1. The van der Waals surface area contributed by atoms with Gasteiger partial charge in [0.15, 0.2) is 0 Å². The van der Waals surface area contributed by atoms with E-state index in [1.165, 1.54) is 0 Å². The monoisotopic (exact) mass is 587 g/mol. The lowest BCUT2D eigenvalue weighted by atomic mass is 9.95. The smallest absolute Gasteiger partial charge is 0.245 e. The van der Waals surface area contributed by atoms with Crippen LogP contribution in [0, 0.1) is 5.92 Å². The van der Waals surface area contributed by atoms with E-state index >= 15 is 0 Å². The normalized spacial score (nSPS) is 23.6. The minimum atomic E-state index is -0.988. The maximum atomic E-state index is 13.8. The van der Waals surface area contributed by atoms with Gasteiger partial charge in [-0.3, -0.25) is 29.2 Å². The van der Waals surface area contributed by atoms with E-state index in [-0.39, 0.29) is 37.0 Å². The van der Waals surface area contributed by atoms with Crippen LogP contribution >= 0.6 is 0 Å². The Morgan fingerprint density at radius 3 is 2.29 bits per heavy atom. The van der Waals surface area contributed by atoms with Crippen LogP contribution in [0.15, 0.2) is 24.3 Å². The van der Waals surface area contributed by atoms with Crippen molar-refractivity contribution in [2.24, 2.45) is 5.92 Å². The molecule has 0 radical (unpaired) electrons. The third kappa shape index (κ3) is 9.43. The van der Waals surface area contributed by atoms with Gasteiger partial charge in [-0.2, -0.15) is 0 Å². The van der Waals surface area contributed by atoms with Gasteiger partial charge in [0.2, 0.25) is 29.5 Å². The van der Waals surface area contributed by atoms with Gasteiger partial charge in [0.05, 0.1) is 7.11 Å². The Labute approximate surface area is 247 Å². The van der Waals surface area contributed by atoms with Crippen LogP contribution in [-0.4, -0.2) is 77.5 Å². The molecule has 4 atom stereocenters. The molecule has 1 aromatic carbocycles. The molecular weight excluding hydrogens is 542 g/mol. The van der Waals surface area contributed by atoms with Gasteiger partial charge in [0, 0.05) is 19.4 Å². The van der Waals surface area contributed by atoms with Crippen molar-refractivity contribution >= 4 is 29.5 Å². The number of hydrogen-bond acceptors (Lipinski definition) is 7. The topological polar surface area (TPSA) is 166 Å². The summed E-state index contributed by atoms with van der Waals surface area (Å²) in [5.41, 5.74) is 2.38. The van der Waals surface area contributed by atoms with E-state index in [0.29, 0.717) is 44.4 Å². The number of ether oxygens (including phenoxy) is 1. The molecular formula is C30H45N5O7. The molecule has 2 fully saturated rings. The van der Waals surface area contributed by atoms with Crippen LogP contribution in [-0.2, 0) is 30.4 Å². The van der Waals surface area contributed by atoms with Crippen LogP contribution in [0.4, 0.5) is 0 Å². The number of nitrogens with one attached hydrogen (secondary N) is 4. The second kappa shape index (κ2) is 16.1. The Morgan fingerprint density at radius 1 is 0.952 bits per heavy atom. The van der Waals surface area contributed by atoms with Gasteiger partial charge in [-0.1, -0.05) is 38.8 Å². The van der Waals surface area contributed by atoms with E-state index < -0.39 is 41.9 Å². The number of benzene rings is 1. The average Bonchev–Trinajstić information content (AvgIpc) is 2.98. The maximum absolute atomic E-state index is 13.8. The van der Waals surface area contributed by atoms with Crippen molar-refractivity contribution in [2.45, 2.75) is 102 Å². The van der Waals surface area contributed by atoms with Crippen molar-refractivity contribution in [1.82, 2.24) is 26.3 Å². The number of hydroxylamine groups is 1. The molecule has 0 spiro atoms. The molecule has 0 aliphatic carbocycles. The number of fused-ring (bicyclic) bond motifs is 1. The Morgan fingerprint density at radius 2 is 1.62 bits per heavy atom. The molecule has 2 aliphatic heterocycles. The fourth-order valence-corrected chi connectivity index (χ4v) is 5.52. The van der Waals surface area contributed by atoms with Crippen molar-refractivity contribution in [2.75, 3.05) is 13.7 Å². The van der Waals surface area contributed by atoms with E-state index in [2.05, 4.69) is 16.0 Å². The van der Waals surface area contributed by atoms with Gasteiger partial charge in [0.25, 0.3) is 0 Å². The third-order valence-corrected chi connectivity index (χ3v) is 7.80. The molecule has 12 heteroatoms. The molecule has 232 valence electrons. The molecule has 3 rings (SSSR count). The Bertz CT molecular complexity index is 1090. The predicted molar refractivity (Wildman–Crippen MR) is 154 cm³/mol. The molecule has 0 saturated carbocycles. The van der Waals surface area contributed by atoms with E-state index in [9.17, 15) is 24.0 Å². The molecule has 0 bridgehead atoms. The minimum absolute atomic E-state index is 0.103. The zero-order valence-corrected chi connectivity index (χ0v) is 24.8. The Balaban J connectivity index is 1.89. The van der Waals surface area contributed by atoms with Crippen molar-refractivity contribution in [1.29, 1.82) is 0 Å². The lowest BCUT2D eigenvalue weighted by Crippen LogP contribution is -2.63. The van der Waals surface area contributed by atoms with E-state index in [1.54, 1.807) is 29.6 Å². The Kier molecular flexibility index (Phi) is 12.6. The molecule has 0 aromatic heterocycles. The number of methoxy groups -OCH3 is 1. The summed E-state index contributed by atoms with van der Waals surface area (Å²) < 4.78 is 5.23. The van der Waals surface area contributed by atoms with Crippen molar-refractivity contribution in [3.63, 3.8) is 0 Å². The van der Waals surface area contributed by atoms with E-state index in [4.69, 9.17) is 9.94 Å². The molecule has 0 unspecified atom stereocenters. The number of nitrogens with zero attached hydrogens (tertiary/aromatic N) is 1. The highest BCUT2D eigenvalue weighted by atomic mass is 16.5. The summed E-state index contributed by atoms with van der Waals surface area (Å²) in [6.45, 7) is 4.33. The van der Waals surface area contributed by atoms with E-state index in [0.717, 1.165) is 18.4 Å².